The molecule has 0 heterocycles. The molecule has 0 amide bonds. The molecule has 0 aliphatic heterocycles. The third-order valence-corrected chi connectivity index (χ3v) is 5.88. The van der Waals surface area contributed by atoms with Crippen molar-refractivity contribution in [1.82, 2.24) is 0 Å². The largest absolute Gasteiger partial charge is 0.573 e. The van der Waals surface area contributed by atoms with E-state index in [1.807, 2.05) is 13.0 Å². The van der Waals surface area contributed by atoms with Gasteiger partial charge in [0.2, 0.25) is 5.75 Å². The number of aryl methyl sites for hydroxylation is 3. The highest BCUT2D eigenvalue weighted by Crippen LogP contribution is 2.32. The van der Waals surface area contributed by atoms with E-state index in [1.54, 1.807) is 30.3 Å². The summed E-state index contributed by atoms with van der Waals surface area (Å²) < 4.78 is 98.0. The number of rotatable bonds is 7. The Morgan fingerprint density at radius 1 is 0.694 bits per heavy atom. The summed E-state index contributed by atoms with van der Waals surface area (Å²) in [5.74, 6) is -5.41. The van der Waals surface area contributed by atoms with Gasteiger partial charge >= 0.3 is 6.36 Å². The highest BCUT2D eigenvalue weighted by Gasteiger charge is 2.34. The van der Waals surface area contributed by atoms with Crippen LogP contribution in [0.5, 0.6) is 5.75 Å². The average Bonchev–Trinajstić information content (AvgIpc) is 2.80. The van der Waals surface area contributed by atoms with Crippen LogP contribution in [0.1, 0.15) is 30.0 Å². The van der Waals surface area contributed by atoms with Gasteiger partial charge < -0.3 is 4.74 Å². The lowest BCUT2D eigenvalue weighted by atomic mass is 9.96. The zero-order valence-corrected chi connectivity index (χ0v) is 19.2. The summed E-state index contributed by atoms with van der Waals surface area (Å²) in [4.78, 5) is 0. The second kappa shape index (κ2) is 10.2. The van der Waals surface area contributed by atoms with Crippen molar-refractivity contribution in [2.24, 2.45) is 0 Å². The van der Waals surface area contributed by atoms with Gasteiger partial charge in [0.1, 0.15) is 11.6 Å². The average molecular weight is 506 g/mol. The summed E-state index contributed by atoms with van der Waals surface area (Å²) in [6.45, 7) is 2.01. The van der Waals surface area contributed by atoms with Gasteiger partial charge in [0.05, 0.1) is 0 Å². The van der Waals surface area contributed by atoms with Gasteiger partial charge in [0.25, 0.3) is 0 Å². The monoisotopic (exact) mass is 506 g/mol. The molecule has 0 fully saturated rings. The van der Waals surface area contributed by atoms with Crippen LogP contribution in [0.2, 0.25) is 0 Å². The summed E-state index contributed by atoms with van der Waals surface area (Å²) in [6, 6.07) is 14.6. The van der Waals surface area contributed by atoms with E-state index in [2.05, 4.69) is 4.74 Å². The number of hydrogen-bond acceptors (Lipinski definition) is 1. The number of hydrogen-bond donors (Lipinski definition) is 0. The molecule has 36 heavy (non-hydrogen) atoms. The zero-order valence-electron chi connectivity index (χ0n) is 19.2. The Bertz CT molecular complexity index is 1390. The van der Waals surface area contributed by atoms with Crippen molar-refractivity contribution in [3.8, 4) is 16.9 Å². The van der Waals surface area contributed by atoms with Crippen LogP contribution >= 0.6 is 0 Å². The first-order valence-electron chi connectivity index (χ1n) is 11.3. The Hall–Kier alpha value is -3.55. The summed E-state index contributed by atoms with van der Waals surface area (Å²) in [7, 11) is 0. The summed E-state index contributed by atoms with van der Waals surface area (Å²) in [5, 5.41) is 0.849. The molecule has 0 aromatic heterocycles. The first-order chi connectivity index (χ1) is 17.1. The molecule has 0 atom stereocenters. The Labute approximate surface area is 203 Å². The van der Waals surface area contributed by atoms with Crippen molar-refractivity contribution < 1.29 is 35.5 Å². The second-order valence-electron chi connectivity index (χ2n) is 8.48. The Morgan fingerprint density at radius 3 is 2.03 bits per heavy atom. The van der Waals surface area contributed by atoms with Crippen LogP contribution in [-0.2, 0) is 19.3 Å². The predicted octanol–water partition coefficient (Wildman–Crippen LogP) is 8.70. The Balaban J connectivity index is 1.55. The fourth-order valence-electron chi connectivity index (χ4n) is 4.18. The maximum atomic E-state index is 15.2. The molecule has 0 aliphatic carbocycles. The highest BCUT2D eigenvalue weighted by atomic mass is 19.4. The number of ether oxygens (including phenoxy) is 1. The third kappa shape index (κ3) is 5.64. The maximum Gasteiger partial charge on any atom is 0.573 e. The molecule has 4 rings (SSSR count). The van der Waals surface area contributed by atoms with E-state index in [-0.39, 0.29) is 29.8 Å². The van der Waals surface area contributed by atoms with E-state index in [9.17, 15) is 26.3 Å². The van der Waals surface area contributed by atoms with Crippen LogP contribution in [0.3, 0.4) is 0 Å². The van der Waals surface area contributed by atoms with Crippen LogP contribution in [0, 0.1) is 23.3 Å². The Morgan fingerprint density at radius 2 is 1.39 bits per heavy atom. The van der Waals surface area contributed by atoms with E-state index in [1.165, 1.54) is 12.1 Å². The minimum Gasteiger partial charge on any atom is -0.399 e. The molecular formula is C28H21F7O. The molecule has 1 nitrogen and oxygen atoms in total. The molecule has 4 aromatic carbocycles. The number of halogens is 7. The first-order valence-corrected chi connectivity index (χ1v) is 11.3. The van der Waals surface area contributed by atoms with Crippen molar-refractivity contribution in [3.63, 3.8) is 0 Å². The van der Waals surface area contributed by atoms with Crippen molar-refractivity contribution in [2.75, 3.05) is 0 Å². The topological polar surface area (TPSA) is 9.23 Å². The van der Waals surface area contributed by atoms with E-state index in [4.69, 9.17) is 0 Å². The van der Waals surface area contributed by atoms with Crippen LogP contribution in [0.4, 0.5) is 30.7 Å². The molecule has 0 aliphatic rings. The molecule has 188 valence electrons. The normalized spacial score (nSPS) is 11.8. The molecule has 0 spiro atoms. The Kier molecular flexibility index (Phi) is 7.24. The lowest BCUT2D eigenvalue weighted by Crippen LogP contribution is -2.19. The third-order valence-electron chi connectivity index (χ3n) is 5.88. The molecule has 0 N–H and O–H groups in total. The zero-order chi connectivity index (χ0) is 26.0. The van der Waals surface area contributed by atoms with Crippen molar-refractivity contribution in [2.45, 2.75) is 39.0 Å². The van der Waals surface area contributed by atoms with Gasteiger partial charge in [-0.3, -0.25) is 0 Å². The quantitative estimate of drug-likeness (QED) is 0.228. The number of alkyl halides is 3. The highest BCUT2D eigenvalue weighted by molar-refractivity contribution is 5.88. The number of benzene rings is 4. The van der Waals surface area contributed by atoms with E-state index >= 15 is 4.39 Å². The lowest BCUT2D eigenvalue weighted by molar-refractivity contribution is -0.276. The minimum absolute atomic E-state index is 0.0179. The molecule has 0 unspecified atom stereocenters. The van der Waals surface area contributed by atoms with Gasteiger partial charge in [-0.25, -0.2) is 17.6 Å². The predicted molar refractivity (Wildman–Crippen MR) is 124 cm³/mol. The van der Waals surface area contributed by atoms with Crippen LogP contribution in [-0.4, -0.2) is 6.36 Å². The second-order valence-corrected chi connectivity index (χ2v) is 8.48. The van der Waals surface area contributed by atoms with Gasteiger partial charge in [-0.15, -0.1) is 13.2 Å². The molecular weight excluding hydrogens is 485 g/mol. The molecule has 0 radical (unpaired) electrons. The summed E-state index contributed by atoms with van der Waals surface area (Å²) >= 11 is 0. The minimum atomic E-state index is -5.23. The van der Waals surface area contributed by atoms with Crippen molar-refractivity contribution in [1.29, 1.82) is 0 Å². The van der Waals surface area contributed by atoms with Crippen molar-refractivity contribution >= 4 is 10.8 Å². The van der Waals surface area contributed by atoms with E-state index in [0.717, 1.165) is 30.5 Å². The van der Waals surface area contributed by atoms with Crippen LogP contribution < -0.4 is 4.74 Å². The SMILES string of the molecule is CCCc1ccc(-c2ccc3c(F)c(CCc4cc(F)c(OC(F)(F)F)c(F)c4)ccc3c2)c(F)c1. The summed E-state index contributed by atoms with van der Waals surface area (Å²) in [5.41, 5.74) is 2.22. The van der Waals surface area contributed by atoms with Crippen LogP contribution in [0.15, 0.2) is 60.7 Å². The van der Waals surface area contributed by atoms with Crippen LogP contribution in [0.25, 0.3) is 21.9 Å². The summed E-state index contributed by atoms with van der Waals surface area (Å²) in [6.07, 6.45) is -3.53. The molecule has 4 aromatic rings. The fourth-order valence-corrected chi connectivity index (χ4v) is 4.18. The van der Waals surface area contributed by atoms with E-state index in [0.29, 0.717) is 21.9 Å². The first kappa shape index (κ1) is 25.5. The van der Waals surface area contributed by atoms with Gasteiger partial charge in [-0.1, -0.05) is 49.7 Å². The maximum absolute atomic E-state index is 15.2. The molecule has 8 heteroatoms. The molecule has 0 saturated carbocycles. The lowest BCUT2D eigenvalue weighted by Gasteiger charge is -2.12. The smallest absolute Gasteiger partial charge is 0.399 e. The molecule has 0 bridgehead atoms. The van der Waals surface area contributed by atoms with Gasteiger partial charge in [-0.2, -0.15) is 0 Å². The molecule has 0 saturated heterocycles. The van der Waals surface area contributed by atoms with Gasteiger partial charge in [0.15, 0.2) is 11.6 Å². The number of fused-ring (bicyclic) bond motifs is 1. The standard InChI is InChI=1S/C28H21F7O/c1-2-3-16-5-10-21(23(29)12-16)19-9-11-22-20(15-19)8-7-18(26(22)32)6-4-17-13-24(30)27(25(31)14-17)36-28(33,34)35/h5,7-15H,2-4,6H2,1H3. The van der Waals surface area contributed by atoms with E-state index < -0.39 is 29.6 Å². The fraction of sp³-hybridized carbons (Fsp3) is 0.214. The van der Waals surface area contributed by atoms with Gasteiger partial charge in [-0.05, 0) is 71.2 Å². The van der Waals surface area contributed by atoms with Gasteiger partial charge in [0, 0.05) is 10.9 Å². The van der Waals surface area contributed by atoms with Crippen molar-refractivity contribution in [3.05, 3.63) is 101 Å².